The molecule has 4 aliphatic rings. The number of ether oxygens (including phenoxy) is 2. The first kappa shape index (κ1) is 33.0. The number of carbonyl (C=O) groups is 4. The van der Waals surface area contributed by atoms with E-state index in [1.54, 1.807) is 32.6 Å². The van der Waals surface area contributed by atoms with Crippen LogP contribution in [0.15, 0.2) is 24.3 Å². The predicted octanol–water partition coefficient (Wildman–Crippen LogP) is 2.63. The van der Waals surface area contributed by atoms with Crippen molar-refractivity contribution in [3.8, 4) is 5.75 Å². The van der Waals surface area contributed by atoms with E-state index in [-0.39, 0.29) is 42.3 Å². The number of nitrogens with one attached hydrogen (secondary N) is 2. The molecule has 0 unspecified atom stereocenters. The molecule has 5 atom stereocenters. The first-order valence-electron chi connectivity index (χ1n) is 16.4. The molecule has 0 bridgehead atoms. The molecule has 1 aromatic rings. The van der Waals surface area contributed by atoms with Crippen LogP contribution in [0, 0.1) is 11.8 Å². The molecule has 45 heavy (non-hydrogen) atoms. The van der Waals surface area contributed by atoms with Crippen LogP contribution in [-0.4, -0.2) is 113 Å². The van der Waals surface area contributed by atoms with Crippen molar-refractivity contribution in [1.82, 2.24) is 25.3 Å². The Kier molecular flexibility index (Phi) is 10.2. The molecule has 3 saturated heterocycles. The van der Waals surface area contributed by atoms with Gasteiger partial charge in [0.25, 0.3) is 0 Å². The lowest BCUT2D eigenvalue weighted by Gasteiger charge is -2.45. The van der Waals surface area contributed by atoms with Gasteiger partial charge in [-0.1, -0.05) is 25.1 Å². The van der Waals surface area contributed by atoms with Gasteiger partial charge in [0.1, 0.15) is 17.8 Å². The maximum absolute atomic E-state index is 14.6. The summed E-state index contributed by atoms with van der Waals surface area (Å²) in [7, 11) is 0. The van der Waals surface area contributed by atoms with Crippen LogP contribution in [0.1, 0.15) is 71.4 Å². The highest BCUT2D eigenvalue weighted by molar-refractivity contribution is 5.93. The lowest BCUT2D eigenvalue weighted by atomic mass is 9.89. The molecule has 12 heteroatoms. The van der Waals surface area contributed by atoms with Crippen LogP contribution in [0.2, 0.25) is 0 Å². The minimum atomic E-state index is -1.10. The van der Waals surface area contributed by atoms with Crippen LogP contribution in [0.4, 0.5) is 4.79 Å². The second kappa shape index (κ2) is 13.9. The second-order valence-electron chi connectivity index (χ2n) is 13.9. The zero-order chi connectivity index (χ0) is 32.3. The molecule has 1 aromatic carbocycles. The summed E-state index contributed by atoms with van der Waals surface area (Å²) < 4.78 is 11.4. The monoisotopic (exact) mass is 627 g/mol. The van der Waals surface area contributed by atoms with E-state index < -0.39 is 29.6 Å². The van der Waals surface area contributed by atoms with E-state index in [2.05, 4.69) is 15.5 Å². The van der Waals surface area contributed by atoms with Gasteiger partial charge in [0.15, 0.2) is 0 Å². The summed E-state index contributed by atoms with van der Waals surface area (Å²) in [5.74, 6) is -0.928. The van der Waals surface area contributed by atoms with Crippen molar-refractivity contribution in [2.45, 2.75) is 89.5 Å². The van der Waals surface area contributed by atoms with Crippen molar-refractivity contribution in [1.29, 1.82) is 0 Å². The standard InChI is InChI=1S/C33H49N5O7/c1-21(18-38(32(42)43)33(2,3)4)29(39)35-28(22-11-15-44-16-12-22)31(41)37-19-23-8-7-14-36(23)20-26(37)30(40)34-25-13-17-45-27-10-6-5-9-24(25)27/h5-6,9-10,21-23,25-26,28H,7-8,11-20H2,1-4H3,(H,34,40)(H,35,39)(H,42,43)/t21-,23+,25+,26-,28-/m0/s1. The van der Waals surface area contributed by atoms with Gasteiger partial charge in [0, 0.05) is 56.4 Å². The number of carboxylic acid groups (broad SMARTS) is 1. The van der Waals surface area contributed by atoms with Crippen molar-refractivity contribution < 1.29 is 33.8 Å². The summed E-state index contributed by atoms with van der Waals surface area (Å²) in [5.41, 5.74) is 0.236. The van der Waals surface area contributed by atoms with Crippen molar-refractivity contribution in [2.24, 2.45) is 11.8 Å². The topological polar surface area (TPSA) is 141 Å². The Balaban J connectivity index is 1.37. The van der Waals surface area contributed by atoms with E-state index >= 15 is 0 Å². The number of amides is 4. The number of hydrogen-bond donors (Lipinski definition) is 3. The van der Waals surface area contributed by atoms with Gasteiger partial charge >= 0.3 is 6.09 Å². The van der Waals surface area contributed by atoms with Crippen LogP contribution in [0.5, 0.6) is 5.75 Å². The minimum Gasteiger partial charge on any atom is -0.493 e. The number of fused-ring (bicyclic) bond motifs is 2. The molecule has 3 N–H and O–H groups in total. The molecule has 4 heterocycles. The van der Waals surface area contributed by atoms with Crippen molar-refractivity contribution in [3.05, 3.63) is 29.8 Å². The number of piperazine rings is 1. The summed E-state index contributed by atoms with van der Waals surface area (Å²) in [6.07, 6.45) is 2.71. The molecule has 0 saturated carbocycles. The number of nitrogens with zero attached hydrogens (tertiary/aromatic N) is 3. The Morgan fingerprint density at radius 3 is 2.49 bits per heavy atom. The highest BCUT2D eigenvalue weighted by Crippen LogP contribution is 2.33. The quantitative estimate of drug-likeness (QED) is 0.400. The van der Waals surface area contributed by atoms with Crippen LogP contribution in [-0.2, 0) is 19.1 Å². The highest BCUT2D eigenvalue weighted by Gasteiger charge is 2.46. The Bertz CT molecular complexity index is 1250. The summed E-state index contributed by atoms with van der Waals surface area (Å²) in [6.45, 7) is 10.3. The molecule has 4 aliphatic heterocycles. The molecule has 0 aromatic heterocycles. The molecule has 5 rings (SSSR count). The molecule has 4 amide bonds. The molecule has 3 fully saturated rings. The average molecular weight is 628 g/mol. The summed E-state index contributed by atoms with van der Waals surface area (Å²) in [6, 6.07) is 6.10. The van der Waals surface area contributed by atoms with E-state index in [9.17, 15) is 24.3 Å². The Hall–Kier alpha value is -3.38. The largest absolute Gasteiger partial charge is 0.493 e. The van der Waals surface area contributed by atoms with E-state index in [1.807, 2.05) is 24.3 Å². The predicted molar refractivity (Wildman–Crippen MR) is 167 cm³/mol. The third-order valence-electron chi connectivity index (χ3n) is 9.80. The van der Waals surface area contributed by atoms with Crippen LogP contribution < -0.4 is 15.4 Å². The van der Waals surface area contributed by atoms with E-state index in [0.29, 0.717) is 52.2 Å². The second-order valence-corrected chi connectivity index (χ2v) is 13.9. The smallest absolute Gasteiger partial charge is 0.407 e. The number of hydrogen-bond acceptors (Lipinski definition) is 7. The molecule has 0 spiro atoms. The lowest BCUT2D eigenvalue weighted by Crippen LogP contribution is -2.66. The normalized spacial score (nSPS) is 25.2. The fraction of sp³-hybridized carbons (Fsp3) is 0.697. The Labute approximate surface area is 265 Å². The van der Waals surface area contributed by atoms with Crippen molar-refractivity contribution in [3.63, 3.8) is 0 Å². The SMILES string of the molecule is C[C@@H](CN(C(=O)O)C(C)(C)C)C(=O)N[C@H](C(=O)N1C[C@H]2CCCN2C[C@H]1C(=O)N[C@@H]1CCOc2ccccc21)C1CCOCC1. The minimum absolute atomic E-state index is 0.00227. The van der Waals surface area contributed by atoms with Crippen LogP contribution in [0.3, 0.4) is 0 Å². The van der Waals surface area contributed by atoms with Gasteiger partial charge in [-0.3, -0.25) is 19.3 Å². The fourth-order valence-electron chi connectivity index (χ4n) is 7.15. The van der Waals surface area contributed by atoms with Gasteiger partial charge in [-0.2, -0.15) is 0 Å². The summed E-state index contributed by atoms with van der Waals surface area (Å²) in [5, 5.41) is 16.0. The van der Waals surface area contributed by atoms with Gasteiger partial charge in [-0.15, -0.1) is 0 Å². The fourth-order valence-corrected chi connectivity index (χ4v) is 7.15. The maximum Gasteiger partial charge on any atom is 0.407 e. The number of carbonyl (C=O) groups excluding carboxylic acids is 3. The zero-order valence-electron chi connectivity index (χ0n) is 27.0. The van der Waals surface area contributed by atoms with Crippen LogP contribution in [0.25, 0.3) is 0 Å². The van der Waals surface area contributed by atoms with Gasteiger partial charge < -0.3 is 35.0 Å². The third kappa shape index (κ3) is 7.54. The van der Waals surface area contributed by atoms with Crippen molar-refractivity contribution >= 4 is 23.8 Å². The van der Waals surface area contributed by atoms with E-state index in [0.717, 1.165) is 30.7 Å². The molecule has 0 aliphatic carbocycles. The first-order chi connectivity index (χ1) is 21.4. The van der Waals surface area contributed by atoms with E-state index in [4.69, 9.17) is 9.47 Å². The number of benzene rings is 1. The molecular formula is C33H49N5O7. The van der Waals surface area contributed by atoms with Gasteiger partial charge in [0.2, 0.25) is 17.7 Å². The molecule has 0 radical (unpaired) electrons. The first-order valence-corrected chi connectivity index (χ1v) is 16.4. The molecule has 248 valence electrons. The third-order valence-corrected chi connectivity index (χ3v) is 9.80. The van der Waals surface area contributed by atoms with Gasteiger partial charge in [0.05, 0.1) is 18.6 Å². The molecular weight excluding hydrogens is 578 g/mol. The van der Waals surface area contributed by atoms with E-state index in [1.165, 1.54) is 4.90 Å². The summed E-state index contributed by atoms with van der Waals surface area (Å²) in [4.78, 5) is 59.5. The van der Waals surface area contributed by atoms with Crippen LogP contribution >= 0.6 is 0 Å². The zero-order valence-corrected chi connectivity index (χ0v) is 27.0. The summed E-state index contributed by atoms with van der Waals surface area (Å²) >= 11 is 0. The molecule has 12 nitrogen and oxygen atoms in total. The number of rotatable bonds is 8. The lowest BCUT2D eigenvalue weighted by molar-refractivity contribution is -0.150. The number of para-hydroxylation sites is 1. The van der Waals surface area contributed by atoms with Gasteiger partial charge in [-0.05, 0) is 65.0 Å². The maximum atomic E-state index is 14.6. The van der Waals surface area contributed by atoms with Crippen molar-refractivity contribution in [2.75, 3.05) is 46.0 Å². The Morgan fingerprint density at radius 2 is 1.78 bits per heavy atom. The average Bonchev–Trinajstić information content (AvgIpc) is 3.49. The Morgan fingerprint density at radius 1 is 1.04 bits per heavy atom. The highest BCUT2D eigenvalue weighted by atomic mass is 16.5. The van der Waals surface area contributed by atoms with Gasteiger partial charge in [-0.25, -0.2) is 4.79 Å².